The third kappa shape index (κ3) is 1.70. The van der Waals surface area contributed by atoms with Gasteiger partial charge in [0.25, 0.3) is 0 Å². The number of rotatable bonds is 4. The summed E-state index contributed by atoms with van der Waals surface area (Å²) in [5.74, 6) is 0. The molecule has 0 heterocycles. The molecule has 0 saturated heterocycles. The number of hydrogen-bond acceptors (Lipinski definition) is 2. The molecule has 2 heteroatoms. The Labute approximate surface area is 102 Å². The van der Waals surface area contributed by atoms with Gasteiger partial charge in [0.1, 0.15) is 0 Å². The average molecular weight is 234 g/mol. The molecule has 0 radical (unpaired) electrons. The molecule has 0 spiro atoms. The highest BCUT2D eigenvalue weighted by molar-refractivity contribution is 8.01. The van der Waals surface area contributed by atoms with E-state index in [1.165, 1.54) is 4.90 Å². The maximum atomic E-state index is 9.84. The van der Waals surface area contributed by atoms with Crippen LogP contribution in [-0.2, 0) is 0 Å². The Morgan fingerprint density at radius 1 is 1.44 bits per heavy atom. The lowest BCUT2D eigenvalue weighted by molar-refractivity contribution is 0.118. The SMILES string of the molecule is C=C[C@]1(Sc2ccccc2)C[C@]1(C)[C@@H](C)O. The van der Waals surface area contributed by atoms with Crippen molar-refractivity contribution in [1.29, 1.82) is 0 Å². The van der Waals surface area contributed by atoms with Gasteiger partial charge in [0, 0.05) is 15.1 Å². The van der Waals surface area contributed by atoms with Crippen LogP contribution < -0.4 is 0 Å². The van der Waals surface area contributed by atoms with E-state index >= 15 is 0 Å². The van der Waals surface area contributed by atoms with Crippen molar-refractivity contribution < 1.29 is 5.11 Å². The highest BCUT2D eigenvalue weighted by Crippen LogP contribution is 2.68. The molecule has 1 saturated carbocycles. The number of benzene rings is 1. The fourth-order valence-corrected chi connectivity index (χ4v) is 3.77. The molecule has 0 aliphatic heterocycles. The van der Waals surface area contributed by atoms with Crippen LogP contribution in [0.15, 0.2) is 47.9 Å². The van der Waals surface area contributed by atoms with Crippen molar-refractivity contribution in [3.63, 3.8) is 0 Å². The molecule has 1 N–H and O–H groups in total. The first-order valence-electron chi connectivity index (χ1n) is 5.60. The fraction of sp³-hybridized carbons (Fsp3) is 0.429. The summed E-state index contributed by atoms with van der Waals surface area (Å²) in [6.45, 7) is 7.94. The Balaban J connectivity index is 2.18. The Bertz CT molecular complexity index is 387. The van der Waals surface area contributed by atoms with Gasteiger partial charge in [-0.1, -0.05) is 31.2 Å². The zero-order chi connectivity index (χ0) is 11.8. The molecule has 2 rings (SSSR count). The minimum atomic E-state index is -0.290. The van der Waals surface area contributed by atoms with Crippen LogP contribution in [0, 0.1) is 5.41 Å². The zero-order valence-corrected chi connectivity index (χ0v) is 10.6. The highest BCUT2D eigenvalue weighted by Gasteiger charge is 2.65. The summed E-state index contributed by atoms with van der Waals surface area (Å²) in [5.41, 5.74) is -0.0325. The third-order valence-corrected chi connectivity index (χ3v) is 5.42. The van der Waals surface area contributed by atoms with Gasteiger partial charge >= 0.3 is 0 Å². The molecule has 1 nitrogen and oxygen atoms in total. The lowest BCUT2D eigenvalue weighted by Crippen LogP contribution is -2.23. The van der Waals surface area contributed by atoms with Crippen molar-refractivity contribution in [1.82, 2.24) is 0 Å². The standard InChI is InChI=1S/C14H18OS/c1-4-14(10-13(14,3)11(2)15)16-12-8-6-5-7-9-12/h4-9,11,15H,1,10H2,2-3H3/t11-,13-,14+/m1/s1. The normalized spacial score (nSPS) is 34.4. The van der Waals surface area contributed by atoms with Gasteiger partial charge in [-0.05, 0) is 25.5 Å². The summed E-state index contributed by atoms with van der Waals surface area (Å²) in [6, 6.07) is 10.3. The molecular weight excluding hydrogens is 216 g/mol. The van der Waals surface area contributed by atoms with Gasteiger partial charge in [0.15, 0.2) is 0 Å². The van der Waals surface area contributed by atoms with Gasteiger partial charge in [-0.25, -0.2) is 0 Å². The third-order valence-electron chi connectivity index (χ3n) is 3.77. The molecule has 1 aliphatic carbocycles. The lowest BCUT2D eigenvalue weighted by Gasteiger charge is -2.21. The van der Waals surface area contributed by atoms with E-state index in [0.29, 0.717) is 0 Å². The van der Waals surface area contributed by atoms with Gasteiger partial charge in [-0.2, -0.15) is 0 Å². The first-order chi connectivity index (χ1) is 7.54. The first kappa shape index (κ1) is 11.7. The Morgan fingerprint density at radius 3 is 2.50 bits per heavy atom. The van der Waals surface area contributed by atoms with E-state index in [4.69, 9.17) is 0 Å². The van der Waals surface area contributed by atoms with Crippen LogP contribution in [0.1, 0.15) is 20.3 Å². The van der Waals surface area contributed by atoms with Crippen LogP contribution in [-0.4, -0.2) is 16.0 Å². The summed E-state index contributed by atoms with van der Waals surface area (Å²) in [7, 11) is 0. The predicted octanol–water partition coefficient (Wildman–Crippen LogP) is 3.49. The molecule has 3 atom stereocenters. The smallest absolute Gasteiger partial charge is 0.0582 e. The molecule has 16 heavy (non-hydrogen) atoms. The second-order valence-corrected chi connectivity index (χ2v) is 6.18. The van der Waals surface area contributed by atoms with E-state index in [1.54, 1.807) is 0 Å². The molecule has 0 amide bonds. The molecule has 0 unspecified atom stereocenters. The van der Waals surface area contributed by atoms with Crippen molar-refractivity contribution in [2.45, 2.75) is 36.0 Å². The van der Waals surface area contributed by atoms with Crippen LogP contribution in [0.3, 0.4) is 0 Å². The van der Waals surface area contributed by atoms with Gasteiger partial charge in [-0.3, -0.25) is 0 Å². The summed E-state index contributed by atoms with van der Waals surface area (Å²) < 4.78 is 0.00250. The summed E-state index contributed by atoms with van der Waals surface area (Å²) in [4.78, 5) is 1.24. The molecule has 1 fully saturated rings. The topological polar surface area (TPSA) is 20.2 Å². The molecule has 1 aromatic rings. The van der Waals surface area contributed by atoms with E-state index in [0.717, 1.165) is 6.42 Å². The van der Waals surface area contributed by atoms with Crippen molar-refractivity contribution in [3.05, 3.63) is 43.0 Å². The summed E-state index contributed by atoms with van der Waals surface area (Å²) >= 11 is 1.81. The Hall–Kier alpha value is -0.730. The van der Waals surface area contributed by atoms with Crippen LogP contribution in [0.2, 0.25) is 0 Å². The van der Waals surface area contributed by atoms with Gasteiger partial charge < -0.3 is 5.11 Å². The molecular formula is C14H18OS. The predicted molar refractivity (Wildman–Crippen MR) is 69.6 cm³/mol. The number of aliphatic hydroxyl groups excluding tert-OH is 1. The molecule has 0 aromatic heterocycles. The van der Waals surface area contributed by atoms with Crippen LogP contribution in [0.4, 0.5) is 0 Å². The van der Waals surface area contributed by atoms with Crippen molar-refractivity contribution in [2.75, 3.05) is 0 Å². The molecule has 0 bridgehead atoms. The van der Waals surface area contributed by atoms with E-state index in [9.17, 15) is 5.11 Å². The van der Waals surface area contributed by atoms with Crippen molar-refractivity contribution >= 4 is 11.8 Å². The maximum absolute atomic E-state index is 9.84. The quantitative estimate of drug-likeness (QED) is 0.805. The van der Waals surface area contributed by atoms with Crippen LogP contribution >= 0.6 is 11.8 Å². The minimum Gasteiger partial charge on any atom is -0.393 e. The average Bonchev–Trinajstić information content (AvgIpc) is 2.88. The van der Waals surface area contributed by atoms with E-state index < -0.39 is 0 Å². The van der Waals surface area contributed by atoms with Gasteiger partial charge in [0.05, 0.1) is 6.10 Å². The van der Waals surface area contributed by atoms with Crippen LogP contribution in [0.5, 0.6) is 0 Å². The fourth-order valence-electron chi connectivity index (χ4n) is 2.20. The second-order valence-electron chi connectivity index (χ2n) is 4.78. The van der Waals surface area contributed by atoms with Gasteiger partial charge in [0.2, 0.25) is 0 Å². The second kappa shape index (κ2) is 3.94. The molecule has 86 valence electrons. The Kier molecular flexibility index (Phi) is 2.89. The largest absolute Gasteiger partial charge is 0.393 e. The van der Waals surface area contributed by atoms with E-state index in [2.05, 4.69) is 25.6 Å². The zero-order valence-electron chi connectivity index (χ0n) is 9.81. The first-order valence-corrected chi connectivity index (χ1v) is 6.41. The number of thioether (sulfide) groups is 1. The monoisotopic (exact) mass is 234 g/mol. The molecule has 1 aliphatic rings. The summed E-state index contributed by atoms with van der Waals surface area (Å²) in [5, 5.41) is 9.84. The van der Waals surface area contributed by atoms with Crippen molar-refractivity contribution in [2.24, 2.45) is 5.41 Å². The lowest BCUT2D eigenvalue weighted by atomic mass is 10.00. The van der Waals surface area contributed by atoms with Crippen molar-refractivity contribution in [3.8, 4) is 0 Å². The maximum Gasteiger partial charge on any atom is 0.0582 e. The van der Waals surface area contributed by atoms with E-state index in [-0.39, 0.29) is 16.3 Å². The number of hydrogen-bond donors (Lipinski definition) is 1. The highest BCUT2D eigenvalue weighted by atomic mass is 32.2. The van der Waals surface area contributed by atoms with Crippen LogP contribution in [0.25, 0.3) is 0 Å². The summed E-state index contributed by atoms with van der Waals surface area (Å²) in [6.07, 6.45) is 2.71. The Morgan fingerprint density at radius 2 is 2.06 bits per heavy atom. The van der Waals surface area contributed by atoms with Gasteiger partial charge in [-0.15, -0.1) is 18.3 Å². The molecule has 1 aromatic carbocycles. The minimum absolute atomic E-state index is 0.00250. The van der Waals surface area contributed by atoms with E-state index in [1.807, 2.05) is 43.0 Å². The number of aliphatic hydroxyl groups is 1.